The van der Waals surface area contributed by atoms with Gasteiger partial charge in [-0.15, -0.1) is 0 Å². The first-order valence-electron chi connectivity index (χ1n) is 7.31. The molecule has 0 aliphatic carbocycles. The summed E-state index contributed by atoms with van der Waals surface area (Å²) in [7, 11) is -2.51. The molecule has 2 rings (SSSR count). The summed E-state index contributed by atoms with van der Waals surface area (Å²) in [4.78, 5) is 12.5. The minimum atomic E-state index is -4.07. The highest BCUT2D eigenvalue weighted by Gasteiger charge is 2.19. The average molecular weight is 434 g/mol. The Morgan fingerprint density at radius 1 is 1.44 bits per heavy atom. The van der Waals surface area contributed by atoms with Gasteiger partial charge in [-0.25, -0.2) is 4.39 Å². The zero-order valence-electron chi connectivity index (χ0n) is 13.6. The predicted octanol–water partition coefficient (Wildman–Crippen LogP) is 2.70. The van der Waals surface area contributed by atoms with E-state index >= 15 is 0 Å². The number of hydrogen-bond donors (Lipinski definition) is 2. The van der Waals surface area contributed by atoms with E-state index in [0.29, 0.717) is 10.0 Å². The Bertz CT molecular complexity index is 912. The monoisotopic (exact) mass is 433 g/mol. The van der Waals surface area contributed by atoms with Crippen molar-refractivity contribution in [3.63, 3.8) is 0 Å². The van der Waals surface area contributed by atoms with Crippen LogP contribution in [0.2, 0.25) is 0 Å². The van der Waals surface area contributed by atoms with Crippen molar-refractivity contribution in [2.24, 2.45) is 7.05 Å². The van der Waals surface area contributed by atoms with E-state index in [1.807, 2.05) is 0 Å². The summed E-state index contributed by atoms with van der Waals surface area (Å²) in [5.74, 6) is -1.55. The quantitative estimate of drug-likeness (QED) is 0.681. The normalized spacial score (nSPS) is 11.6. The lowest BCUT2D eigenvalue weighted by Crippen LogP contribution is -2.19. The summed E-state index contributed by atoms with van der Waals surface area (Å²) in [6.07, 6.45) is 1.82. The molecule has 1 heterocycles. The van der Waals surface area contributed by atoms with Gasteiger partial charge in [-0.05, 0) is 37.5 Å². The first-order chi connectivity index (χ1) is 11.6. The van der Waals surface area contributed by atoms with Crippen molar-refractivity contribution in [2.45, 2.75) is 19.8 Å². The van der Waals surface area contributed by atoms with Crippen LogP contribution >= 0.6 is 15.9 Å². The SMILES string of the molecule is Cc1cc(NC(=O)c2c(CCCS(=O)(=O)O)cnn2C)c(F)cc1Br. The van der Waals surface area contributed by atoms with E-state index < -0.39 is 27.6 Å². The van der Waals surface area contributed by atoms with Gasteiger partial charge in [0, 0.05) is 17.1 Å². The highest BCUT2D eigenvalue weighted by atomic mass is 79.9. The molecular weight excluding hydrogens is 417 g/mol. The molecule has 1 amide bonds. The number of amides is 1. The number of carbonyl (C=O) groups excluding carboxylic acids is 1. The number of nitrogens with zero attached hydrogens (tertiary/aromatic N) is 2. The molecule has 1 aromatic carbocycles. The Kier molecular flexibility index (Phi) is 5.96. The fraction of sp³-hybridized carbons (Fsp3) is 0.333. The van der Waals surface area contributed by atoms with Gasteiger partial charge in [0.15, 0.2) is 0 Å². The second-order valence-corrected chi connectivity index (χ2v) is 7.99. The Labute approximate surface area is 153 Å². The summed E-state index contributed by atoms with van der Waals surface area (Å²) < 4.78 is 46.3. The molecule has 0 radical (unpaired) electrons. The summed E-state index contributed by atoms with van der Waals surface area (Å²) in [5, 5.41) is 6.50. The van der Waals surface area contributed by atoms with Crippen molar-refractivity contribution >= 4 is 37.6 Å². The van der Waals surface area contributed by atoms with Crippen LogP contribution in [0.15, 0.2) is 22.8 Å². The molecule has 2 aromatic rings. The third kappa shape index (κ3) is 5.10. The third-order valence-corrected chi connectivity index (χ3v) is 5.23. The fourth-order valence-corrected chi connectivity index (χ4v) is 3.16. The Morgan fingerprint density at radius 3 is 2.76 bits per heavy atom. The van der Waals surface area contributed by atoms with Crippen molar-refractivity contribution in [2.75, 3.05) is 11.1 Å². The van der Waals surface area contributed by atoms with E-state index in [1.54, 1.807) is 14.0 Å². The van der Waals surface area contributed by atoms with Crippen LogP contribution in [-0.2, 0) is 23.6 Å². The minimum Gasteiger partial charge on any atom is -0.318 e. The second-order valence-electron chi connectivity index (χ2n) is 5.57. The Balaban J connectivity index is 2.19. The first-order valence-corrected chi connectivity index (χ1v) is 9.71. The molecule has 7 nitrogen and oxygen atoms in total. The highest BCUT2D eigenvalue weighted by Crippen LogP contribution is 2.24. The van der Waals surface area contributed by atoms with Gasteiger partial charge >= 0.3 is 0 Å². The third-order valence-electron chi connectivity index (χ3n) is 3.57. The lowest BCUT2D eigenvalue weighted by molar-refractivity contribution is 0.101. The molecule has 0 saturated carbocycles. The molecule has 1 aromatic heterocycles. The standard InChI is InChI=1S/C15H17BrFN3O4S/c1-9-6-13(12(17)7-11(9)16)19-15(21)14-10(8-18-20(14)2)4-3-5-25(22,23)24/h6-8H,3-5H2,1-2H3,(H,19,21)(H,22,23,24). The van der Waals surface area contributed by atoms with Crippen LogP contribution < -0.4 is 5.32 Å². The predicted molar refractivity (Wildman–Crippen MR) is 94.7 cm³/mol. The number of anilines is 1. The van der Waals surface area contributed by atoms with E-state index in [2.05, 4.69) is 26.3 Å². The van der Waals surface area contributed by atoms with E-state index in [0.717, 1.165) is 5.56 Å². The summed E-state index contributed by atoms with van der Waals surface area (Å²) in [6, 6.07) is 2.77. The number of carbonyl (C=O) groups is 1. The summed E-state index contributed by atoms with van der Waals surface area (Å²) in [6.45, 7) is 1.77. The highest BCUT2D eigenvalue weighted by molar-refractivity contribution is 9.10. The lowest BCUT2D eigenvalue weighted by atomic mass is 10.1. The van der Waals surface area contributed by atoms with Gasteiger partial charge in [0.2, 0.25) is 0 Å². The van der Waals surface area contributed by atoms with Crippen molar-refractivity contribution in [3.05, 3.63) is 45.4 Å². The van der Waals surface area contributed by atoms with Gasteiger partial charge in [-0.1, -0.05) is 15.9 Å². The molecule has 0 fully saturated rings. The van der Waals surface area contributed by atoms with Gasteiger partial charge in [0.25, 0.3) is 16.0 Å². The van der Waals surface area contributed by atoms with Crippen molar-refractivity contribution in [3.8, 4) is 0 Å². The number of halogens is 2. The van der Waals surface area contributed by atoms with Gasteiger partial charge in [0.05, 0.1) is 17.6 Å². The van der Waals surface area contributed by atoms with Gasteiger partial charge in [0.1, 0.15) is 11.5 Å². The molecule has 0 aliphatic rings. The van der Waals surface area contributed by atoms with Gasteiger partial charge in [-0.2, -0.15) is 13.5 Å². The zero-order chi connectivity index (χ0) is 18.8. The molecular formula is C15H17BrFN3O4S. The maximum absolute atomic E-state index is 14.0. The van der Waals surface area contributed by atoms with Gasteiger partial charge in [-0.3, -0.25) is 14.0 Å². The molecule has 0 saturated heterocycles. The van der Waals surface area contributed by atoms with E-state index in [4.69, 9.17) is 4.55 Å². The molecule has 10 heteroatoms. The van der Waals surface area contributed by atoms with E-state index in [-0.39, 0.29) is 24.2 Å². The van der Waals surface area contributed by atoms with Gasteiger partial charge < -0.3 is 5.32 Å². The van der Waals surface area contributed by atoms with Crippen LogP contribution in [0.3, 0.4) is 0 Å². The number of rotatable bonds is 6. The number of benzene rings is 1. The molecule has 0 spiro atoms. The first kappa shape index (κ1) is 19.5. The van der Waals surface area contributed by atoms with Crippen molar-refractivity contribution in [1.82, 2.24) is 9.78 Å². The lowest BCUT2D eigenvalue weighted by Gasteiger charge is -2.10. The fourth-order valence-electron chi connectivity index (χ4n) is 2.34. The molecule has 0 atom stereocenters. The van der Waals surface area contributed by atoms with E-state index in [9.17, 15) is 17.6 Å². The molecule has 25 heavy (non-hydrogen) atoms. The minimum absolute atomic E-state index is 0.0378. The van der Waals surface area contributed by atoms with Crippen LogP contribution in [-0.4, -0.2) is 34.4 Å². The Morgan fingerprint density at radius 2 is 2.12 bits per heavy atom. The van der Waals surface area contributed by atoms with E-state index in [1.165, 1.54) is 23.0 Å². The van der Waals surface area contributed by atoms with Crippen molar-refractivity contribution < 1.29 is 22.2 Å². The average Bonchev–Trinajstić information content (AvgIpc) is 2.84. The smallest absolute Gasteiger partial charge is 0.274 e. The summed E-state index contributed by atoms with van der Waals surface area (Å²) >= 11 is 3.22. The van der Waals surface area contributed by atoms with Crippen LogP contribution in [0.1, 0.15) is 28.0 Å². The Hall–Kier alpha value is -1.78. The van der Waals surface area contributed by atoms with Crippen LogP contribution in [0.25, 0.3) is 0 Å². The van der Waals surface area contributed by atoms with Crippen LogP contribution in [0.5, 0.6) is 0 Å². The molecule has 136 valence electrons. The maximum atomic E-state index is 14.0. The largest absolute Gasteiger partial charge is 0.318 e. The summed E-state index contributed by atoms with van der Waals surface area (Å²) in [5.41, 5.74) is 1.51. The number of aromatic nitrogens is 2. The number of aryl methyl sites for hydroxylation is 3. The van der Waals surface area contributed by atoms with Crippen LogP contribution in [0, 0.1) is 12.7 Å². The maximum Gasteiger partial charge on any atom is 0.274 e. The topological polar surface area (TPSA) is 101 Å². The molecule has 2 N–H and O–H groups in total. The molecule has 0 unspecified atom stereocenters. The van der Waals surface area contributed by atoms with Crippen molar-refractivity contribution in [1.29, 1.82) is 0 Å². The second kappa shape index (κ2) is 7.63. The number of hydrogen-bond acceptors (Lipinski definition) is 4. The molecule has 0 aliphatic heterocycles. The zero-order valence-corrected chi connectivity index (χ0v) is 16.0. The van der Waals surface area contributed by atoms with Crippen LogP contribution in [0.4, 0.5) is 10.1 Å². The number of nitrogens with one attached hydrogen (secondary N) is 1. The molecule has 0 bridgehead atoms.